The van der Waals surface area contributed by atoms with Crippen molar-refractivity contribution in [3.8, 4) is 11.5 Å². The second kappa shape index (κ2) is 9.59. The third-order valence-corrected chi connectivity index (χ3v) is 4.06. The van der Waals surface area contributed by atoms with Crippen molar-refractivity contribution in [1.82, 2.24) is 5.32 Å². The van der Waals surface area contributed by atoms with Crippen molar-refractivity contribution < 1.29 is 28.2 Å². The van der Waals surface area contributed by atoms with E-state index in [1.54, 1.807) is 27.2 Å². The van der Waals surface area contributed by atoms with Gasteiger partial charge in [-0.1, -0.05) is 6.07 Å². The Balaban J connectivity index is 1.83. The summed E-state index contributed by atoms with van der Waals surface area (Å²) in [5, 5.41) is 2.68. The minimum Gasteiger partial charge on any atom is -0.493 e. The molecule has 0 fully saturated rings. The predicted molar refractivity (Wildman–Crippen MR) is 101 cm³/mol. The number of aryl methyl sites for hydroxylation is 2. The maximum absolute atomic E-state index is 12.1. The monoisotopic (exact) mass is 389 g/mol. The zero-order chi connectivity index (χ0) is 20.7. The number of carbonyl (C=O) groups excluding carboxylic acids is 2. The topological polar surface area (TPSA) is 104 Å². The third kappa shape index (κ3) is 5.35. The number of hydrogen-bond acceptors (Lipinski definition) is 7. The molecule has 1 aromatic carbocycles. The van der Waals surface area contributed by atoms with E-state index in [1.807, 2.05) is 12.1 Å². The van der Waals surface area contributed by atoms with Gasteiger partial charge in [0.1, 0.15) is 11.3 Å². The van der Waals surface area contributed by atoms with Gasteiger partial charge in [-0.3, -0.25) is 4.79 Å². The first kappa shape index (κ1) is 21.0. The Kier molecular flexibility index (Phi) is 7.20. The maximum Gasteiger partial charge on any atom is 0.342 e. The van der Waals surface area contributed by atoms with Crippen molar-refractivity contribution in [3.05, 3.63) is 57.1 Å². The number of nitrogens with one attached hydrogen (secondary N) is 1. The molecule has 0 saturated carbocycles. The fourth-order valence-electron chi connectivity index (χ4n) is 2.70. The van der Waals surface area contributed by atoms with Gasteiger partial charge in [0.05, 0.1) is 14.2 Å². The lowest BCUT2D eigenvalue weighted by molar-refractivity contribution is -0.124. The SMILES string of the molecule is COc1ccc(CCNC(=O)COC(=O)c2c(C)cc(=O)oc2C)cc1OC. The molecule has 8 heteroatoms. The van der Waals surface area contributed by atoms with Crippen molar-refractivity contribution in [2.24, 2.45) is 0 Å². The van der Waals surface area contributed by atoms with Gasteiger partial charge in [0.15, 0.2) is 18.1 Å². The van der Waals surface area contributed by atoms with Crippen LogP contribution in [-0.2, 0) is 16.0 Å². The van der Waals surface area contributed by atoms with Gasteiger partial charge in [0.25, 0.3) is 5.91 Å². The zero-order valence-electron chi connectivity index (χ0n) is 16.3. The Morgan fingerprint density at radius 3 is 2.43 bits per heavy atom. The molecule has 0 saturated heterocycles. The minimum absolute atomic E-state index is 0.151. The maximum atomic E-state index is 12.1. The lowest BCUT2D eigenvalue weighted by atomic mass is 10.1. The molecular formula is C20H23NO7. The van der Waals surface area contributed by atoms with E-state index < -0.39 is 24.1 Å². The molecule has 1 heterocycles. The Morgan fingerprint density at radius 2 is 1.79 bits per heavy atom. The quantitative estimate of drug-likeness (QED) is 0.687. The Bertz CT molecular complexity index is 891. The number of amides is 1. The van der Waals surface area contributed by atoms with Crippen molar-refractivity contribution in [1.29, 1.82) is 0 Å². The largest absolute Gasteiger partial charge is 0.493 e. The van der Waals surface area contributed by atoms with E-state index >= 15 is 0 Å². The average Bonchev–Trinajstić information content (AvgIpc) is 2.65. The Morgan fingerprint density at radius 1 is 1.07 bits per heavy atom. The molecular weight excluding hydrogens is 366 g/mol. The van der Waals surface area contributed by atoms with E-state index in [2.05, 4.69) is 5.32 Å². The summed E-state index contributed by atoms with van der Waals surface area (Å²) < 4.78 is 20.3. The van der Waals surface area contributed by atoms with E-state index in [0.717, 1.165) is 5.56 Å². The first-order valence-corrected chi connectivity index (χ1v) is 8.61. The summed E-state index contributed by atoms with van der Waals surface area (Å²) in [6.07, 6.45) is 0.572. The van der Waals surface area contributed by atoms with Gasteiger partial charge in [0, 0.05) is 12.6 Å². The van der Waals surface area contributed by atoms with E-state index in [4.69, 9.17) is 18.6 Å². The van der Waals surface area contributed by atoms with Gasteiger partial charge < -0.3 is 23.9 Å². The number of hydrogen-bond donors (Lipinski definition) is 1. The molecule has 0 unspecified atom stereocenters. The molecule has 1 N–H and O–H groups in total. The molecule has 0 aliphatic heterocycles. The normalized spacial score (nSPS) is 10.3. The van der Waals surface area contributed by atoms with Gasteiger partial charge in [-0.2, -0.15) is 0 Å². The summed E-state index contributed by atoms with van der Waals surface area (Å²) in [6.45, 7) is 3.03. The summed E-state index contributed by atoms with van der Waals surface area (Å²) in [5.74, 6) is 0.254. The van der Waals surface area contributed by atoms with Gasteiger partial charge in [0.2, 0.25) is 0 Å². The highest BCUT2D eigenvalue weighted by molar-refractivity contribution is 5.93. The molecule has 8 nitrogen and oxygen atoms in total. The molecule has 1 amide bonds. The lowest BCUT2D eigenvalue weighted by Crippen LogP contribution is -2.30. The Labute approximate surface area is 162 Å². The molecule has 0 bridgehead atoms. The molecule has 0 spiro atoms. The molecule has 1 aromatic heterocycles. The first-order chi connectivity index (χ1) is 13.3. The fourth-order valence-corrected chi connectivity index (χ4v) is 2.70. The molecule has 2 rings (SSSR count). The Hall–Kier alpha value is -3.29. The smallest absolute Gasteiger partial charge is 0.342 e. The highest BCUT2D eigenvalue weighted by Gasteiger charge is 2.17. The number of esters is 1. The molecule has 0 radical (unpaired) electrons. The number of rotatable bonds is 8. The number of ether oxygens (including phenoxy) is 3. The van der Waals surface area contributed by atoms with E-state index in [0.29, 0.717) is 30.0 Å². The summed E-state index contributed by atoms with van der Waals surface area (Å²) in [7, 11) is 3.12. The summed E-state index contributed by atoms with van der Waals surface area (Å²) in [5.41, 5.74) is 1.00. The average molecular weight is 389 g/mol. The predicted octanol–water partition coefficient (Wildman–Crippen LogP) is 1.79. The second-order valence-corrected chi connectivity index (χ2v) is 6.05. The first-order valence-electron chi connectivity index (χ1n) is 8.61. The van der Waals surface area contributed by atoms with Crippen LogP contribution in [0.3, 0.4) is 0 Å². The molecule has 150 valence electrons. The highest BCUT2D eigenvalue weighted by Crippen LogP contribution is 2.27. The molecule has 0 aliphatic carbocycles. The standard InChI is InChI=1S/C20H23NO7/c1-12-9-18(23)28-13(2)19(12)20(24)27-11-17(22)21-8-7-14-5-6-15(25-3)16(10-14)26-4/h5-6,9-10H,7-8,11H2,1-4H3,(H,21,22). The summed E-state index contributed by atoms with van der Waals surface area (Å²) >= 11 is 0. The van der Waals surface area contributed by atoms with Crippen LogP contribution < -0.4 is 20.4 Å². The number of carbonyl (C=O) groups is 2. The fraction of sp³-hybridized carbons (Fsp3) is 0.350. The van der Waals surface area contributed by atoms with Crippen LogP contribution in [0.25, 0.3) is 0 Å². The van der Waals surface area contributed by atoms with Gasteiger partial charge in [-0.25, -0.2) is 9.59 Å². The zero-order valence-corrected chi connectivity index (χ0v) is 16.3. The van der Waals surface area contributed by atoms with Crippen LogP contribution in [0, 0.1) is 13.8 Å². The van der Waals surface area contributed by atoms with Crippen LogP contribution in [0.5, 0.6) is 11.5 Å². The van der Waals surface area contributed by atoms with Crippen LogP contribution >= 0.6 is 0 Å². The van der Waals surface area contributed by atoms with Crippen molar-refractivity contribution in [2.45, 2.75) is 20.3 Å². The van der Waals surface area contributed by atoms with Crippen molar-refractivity contribution >= 4 is 11.9 Å². The van der Waals surface area contributed by atoms with Crippen LogP contribution in [0.1, 0.15) is 27.2 Å². The molecule has 0 aliphatic rings. The number of methoxy groups -OCH3 is 2. The summed E-state index contributed by atoms with van der Waals surface area (Å²) in [6, 6.07) is 6.70. The van der Waals surface area contributed by atoms with Gasteiger partial charge >= 0.3 is 11.6 Å². The minimum atomic E-state index is -0.714. The van der Waals surface area contributed by atoms with E-state index in [9.17, 15) is 14.4 Å². The van der Waals surface area contributed by atoms with E-state index in [1.165, 1.54) is 13.0 Å². The van der Waals surface area contributed by atoms with Gasteiger partial charge in [-0.05, 0) is 43.5 Å². The highest BCUT2D eigenvalue weighted by atomic mass is 16.5. The molecule has 0 atom stereocenters. The van der Waals surface area contributed by atoms with Crippen molar-refractivity contribution in [2.75, 3.05) is 27.4 Å². The van der Waals surface area contributed by atoms with Crippen LogP contribution in [0.15, 0.2) is 33.5 Å². The van der Waals surface area contributed by atoms with Crippen LogP contribution in [-0.4, -0.2) is 39.2 Å². The van der Waals surface area contributed by atoms with E-state index in [-0.39, 0.29) is 11.3 Å². The van der Waals surface area contributed by atoms with Crippen LogP contribution in [0.2, 0.25) is 0 Å². The van der Waals surface area contributed by atoms with Crippen LogP contribution in [0.4, 0.5) is 0 Å². The van der Waals surface area contributed by atoms with Crippen molar-refractivity contribution in [3.63, 3.8) is 0 Å². The number of benzene rings is 1. The van der Waals surface area contributed by atoms with Gasteiger partial charge in [-0.15, -0.1) is 0 Å². The molecule has 28 heavy (non-hydrogen) atoms. The second-order valence-electron chi connectivity index (χ2n) is 6.05. The summed E-state index contributed by atoms with van der Waals surface area (Å²) in [4.78, 5) is 35.3. The lowest BCUT2D eigenvalue weighted by Gasteiger charge is -2.11. The third-order valence-electron chi connectivity index (χ3n) is 4.06. The molecule has 2 aromatic rings.